The minimum absolute atomic E-state index is 0.171. The van der Waals surface area contributed by atoms with Crippen molar-refractivity contribution < 1.29 is 9.47 Å². The monoisotopic (exact) mass is 580 g/mol. The Morgan fingerprint density at radius 3 is 2.04 bits per heavy atom. The maximum absolute atomic E-state index is 7.53. The Morgan fingerprint density at radius 1 is 0.600 bits per heavy atom. The van der Waals surface area contributed by atoms with E-state index in [0.29, 0.717) is 0 Å². The van der Waals surface area contributed by atoms with Crippen molar-refractivity contribution in [1.82, 2.24) is 0 Å². The molecular formula is C43H32O2. The maximum atomic E-state index is 7.53. The third-order valence-corrected chi connectivity index (χ3v) is 10.1. The van der Waals surface area contributed by atoms with Crippen LogP contribution in [0.25, 0.3) is 49.5 Å². The van der Waals surface area contributed by atoms with Crippen molar-refractivity contribution in [2.45, 2.75) is 24.9 Å². The molecule has 2 heteroatoms. The van der Waals surface area contributed by atoms with Gasteiger partial charge in [-0.05, 0) is 73.5 Å². The molecule has 0 amide bonds. The minimum Gasteiger partial charge on any atom is -0.497 e. The van der Waals surface area contributed by atoms with Crippen LogP contribution >= 0.6 is 0 Å². The molecule has 7 aromatic rings. The average molecular weight is 581 g/mol. The molecule has 216 valence electrons. The molecule has 45 heavy (non-hydrogen) atoms. The van der Waals surface area contributed by atoms with Crippen LogP contribution in [0, 0.1) is 0 Å². The molecular weight excluding hydrogens is 548 g/mol. The van der Waals surface area contributed by atoms with Crippen LogP contribution < -0.4 is 9.47 Å². The largest absolute Gasteiger partial charge is 0.497 e. The Morgan fingerprint density at radius 2 is 1.24 bits per heavy atom. The average Bonchev–Trinajstić information content (AvgIpc) is 3.34. The number of ether oxygens (including phenoxy) is 2. The SMILES string of the molecule is COc1ccc(C2(c3ccc4ccc5ccccc5c4c3)C=Cc3c4c(c5ccccc5c3O2)-c2ccccc2C4(C)C)cc1. The number of benzene rings is 7. The van der Waals surface area contributed by atoms with Gasteiger partial charge in [-0.3, -0.25) is 0 Å². The second kappa shape index (κ2) is 9.33. The molecule has 2 aliphatic rings. The lowest BCUT2D eigenvalue weighted by Crippen LogP contribution is -2.35. The second-order valence-electron chi connectivity index (χ2n) is 12.8. The molecule has 1 heterocycles. The standard InChI is InChI=1S/C43H32O2/c1-42(2)38-15-9-8-14-35(38)39-33-12-6-7-13-34(33)41-36(40(39)42)24-25-43(45-41,29-20-22-31(44-3)23-21-29)30-19-18-28-17-16-27-10-4-5-11-32(27)37(28)26-30/h4-26H,1-3H3. The summed E-state index contributed by atoms with van der Waals surface area (Å²) in [5.41, 5.74) is 7.63. The molecule has 1 aliphatic carbocycles. The van der Waals surface area contributed by atoms with Crippen LogP contribution in [0.5, 0.6) is 11.5 Å². The smallest absolute Gasteiger partial charge is 0.178 e. The number of hydrogen-bond donors (Lipinski definition) is 0. The van der Waals surface area contributed by atoms with Crippen LogP contribution in [-0.2, 0) is 11.0 Å². The van der Waals surface area contributed by atoms with Crippen molar-refractivity contribution in [1.29, 1.82) is 0 Å². The first kappa shape index (κ1) is 26.1. The number of fused-ring (bicyclic) bond motifs is 11. The molecule has 1 atom stereocenters. The highest BCUT2D eigenvalue weighted by Crippen LogP contribution is 2.58. The van der Waals surface area contributed by atoms with Crippen LogP contribution in [0.2, 0.25) is 0 Å². The zero-order valence-electron chi connectivity index (χ0n) is 25.6. The summed E-state index contributed by atoms with van der Waals surface area (Å²) in [5, 5.41) is 7.26. The summed E-state index contributed by atoms with van der Waals surface area (Å²) in [6.45, 7) is 4.70. The van der Waals surface area contributed by atoms with Gasteiger partial charge in [0.15, 0.2) is 5.60 Å². The van der Waals surface area contributed by atoms with Crippen molar-refractivity contribution in [2.24, 2.45) is 0 Å². The van der Waals surface area contributed by atoms with Crippen molar-refractivity contribution >= 4 is 38.4 Å². The van der Waals surface area contributed by atoms with Gasteiger partial charge in [-0.15, -0.1) is 0 Å². The van der Waals surface area contributed by atoms with Gasteiger partial charge in [0.1, 0.15) is 11.5 Å². The lowest BCUT2D eigenvalue weighted by molar-refractivity contribution is 0.163. The van der Waals surface area contributed by atoms with E-state index < -0.39 is 5.60 Å². The second-order valence-corrected chi connectivity index (χ2v) is 12.8. The molecule has 0 N–H and O–H groups in total. The van der Waals surface area contributed by atoms with E-state index in [2.05, 4.69) is 141 Å². The zero-order valence-corrected chi connectivity index (χ0v) is 25.6. The van der Waals surface area contributed by atoms with E-state index in [4.69, 9.17) is 9.47 Å². The third-order valence-electron chi connectivity index (χ3n) is 10.1. The summed E-state index contributed by atoms with van der Waals surface area (Å²) in [7, 11) is 1.71. The van der Waals surface area contributed by atoms with Crippen LogP contribution in [0.4, 0.5) is 0 Å². The van der Waals surface area contributed by atoms with Gasteiger partial charge in [-0.25, -0.2) is 0 Å². The Bertz CT molecular complexity index is 2360. The molecule has 0 fully saturated rings. The highest BCUT2D eigenvalue weighted by atomic mass is 16.5. The van der Waals surface area contributed by atoms with Crippen molar-refractivity contribution in [3.63, 3.8) is 0 Å². The number of rotatable bonds is 3. The molecule has 0 bridgehead atoms. The fourth-order valence-corrected chi connectivity index (χ4v) is 7.95. The molecule has 7 aromatic carbocycles. The lowest BCUT2D eigenvalue weighted by atomic mass is 9.76. The van der Waals surface area contributed by atoms with E-state index >= 15 is 0 Å². The first-order valence-electron chi connectivity index (χ1n) is 15.6. The predicted octanol–water partition coefficient (Wildman–Crippen LogP) is 10.8. The quantitative estimate of drug-likeness (QED) is 0.194. The van der Waals surface area contributed by atoms with Crippen LogP contribution in [0.1, 0.15) is 41.7 Å². The Hall–Kier alpha value is -5.34. The van der Waals surface area contributed by atoms with E-state index in [1.165, 1.54) is 54.7 Å². The fourth-order valence-electron chi connectivity index (χ4n) is 7.95. The molecule has 0 aromatic heterocycles. The Kier molecular flexibility index (Phi) is 5.41. The fraction of sp³-hybridized carbons (Fsp3) is 0.116. The number of methoxy groups -OCH3 is 1. The van der Waals surface area contributed by atoms with Crippen LogP contribution in [0.15, 0.2) is 133 Å². The summed E-state index contributed by atoms with van der Waals surface area (Å²) >= 11 is 0. The molecule has 0 saturated heterocycles. The maximum Gasteiger partial charge on any atom is 0.178 e. The summed E-state index contributed by atoms with van der Waals surface area (Å²) in [6, 6.07) is 45.8. The third kappa shape index (κ3) is 3.57. The molecule has 1 unspecified atom stereocenters. The van der Waals surface area contributed by atoms with E-state index in [-0.39, 0.29) is 5.41 Å². The summed E-state index contributed by atoms with van der Waals surface area (Å²) in [6.07, 6.45) is 4.60. The highest BCUT2D eigenvalue weighted by molar-refractivity contribution is 6.09. The number of hydrogen-bond acceptors (Lipinski definition) is 2. The Labute approximate surface area is 263 Å². The predicted molar refractivity (Wildman–Crippen MR) is 186 cm³/mol. The van der Waals surface area contributed by atoms with Crippen molar-refractivity contribution in [2.75, 3.05) is 7.11 Å². The highest BCUT2D eigenvalue weighted by Gasteiger charge is 2.44. The first-order chi connectivity index (χ1) is 22.0. The molecule has 0 spiro atoms. The van der Waals surface area contributed by atoms with Gasteiger partial charge in [-0.1, -0.05) is 129 Å². The van der Waals surface area contributed by atoms with E-state index in [9.17, 15) is 0 Å². The normalized spacial score (nSPS) is 17.6. The molecule has 9 rings (SSSR count). The van der Waals surface area contributed by atoms with Crippen LogP contribution in [-0.4, -0.2) is 7.11 Å². The van der Waals surface area contributed by atoms with Gasteiger partial charge in [0, 0.05) is 27.5 Å². The van der Waals surface area contributed by atoms with Crippen molar-refractivity contribution in [3.05, 3.63) is 161 Å². The van der Waals surface area contributed by atoms with Gasteiger partial charge in [0.25, 0.3) is 0 Å². The zero-order chi connectivity index (χ0) is 30.3. The summed E-state index contributed by atoms with van der Waals surface area (Å²) < 4.78 is 13.1. The lowest BCUT2D eigenvalue weighted by Gasteiger charge is -2.38. The van der Waals surface area contributed by atoms with Gasteiger partial charge >= 0.3 is 0 Å². The van der Waals surface area contributed by atoms with Gasteiger partial charge in [0.2, 0.25) is 0 Å². The van der Waals surface area contributed by atoms with Gasteiger partial charge in [-0.2, -0.15) is 0 Å². The topological polar surface area (TPSA) is 18.5 Å². The molecule has 2 nitrogen and oxygen atoms in total. The van der Waals surface area contributed by atoms with Crippen molar-refractivity contribution in [3.8, 4) is 22.6 Å². The van der Waals surface area contributed by atoms with E-state index in [1.807, 2.05) is 12.1 Å². The van der Waals surface area contributed by atoms with Gasteiger partial charge in [0.05, 0.1) is 7.11 Å². The Balaban J connectivity index is 1.35. The van der Waals surface area contributed by atoms with Gasteiger partial charge < -0.3 is 9.47 Å². The van der Waals surface area contributed by atoms with Crippen LogP contribution in [0.3, 0.4) is 0 Å². The summed E-state index contributed by atoms with van der Waals surface area (Å²) in [5.74, 6) is 1.75. The van der Waals surface area contributed by atoms with E-state index in [0.717, 1.165) is 28.0 Å². The summed E-state index contributed by atoms with van der Waals surface area (Å²) in [4.78, 5) is 0. The van der Waals surface area contributed by atoms with E-state index in [1.54, 1.807) is 7.11 Å². The molecule has 0 saturated carbocycles. The molecule has 1 aliphatic heterocycles. The first-order valence-corrected chi connectivity index (χ1v) is 15.6. The molecule has 0 radical (unpaired) electrons. The minimum atomic E-state index is -0.850.